The number of carbonyl (C=O) groups excluding carboxylic acids is 1. The molecule has 0 radical (unpaired) electrons. The molecule has 2 N–H and O–H groups in total. The Kier molecular flexibility index (Phi) is 6.28. The van der Waals surface area contributed by atoms with E-state index in [0.29, 0.717) is 50.0 Å². The van der Waals surface area contributed by atoms with E-state index in [4.69, 9.17) is 14.2 Å². The molecule has 1 heterocycles. The highest BCUT2D eigenvalue weighted by Crippen LogP contribution is 2.38. The van der Waals surface area contributed by atoms with E-state index >= 15 is 0 Å². The molecule has 21 heavy (non-hydrogen) atoms. The van der Waals surface area contributed by atoms with Crippen LogP contribution in [0.5, 0.6) is 11.5 Å². The third-order valence-corrected chi connectivity index (χ3v) is 3.52. The van der Waals surface area contributed by atoms with Gasteiger partial charge in [0.25, 0.3) is 5.91 Å². The fourth-order valence-corrected chi connectivity index (χ4v) is 2.46. The average molecular weight is 359 g/mol. The van der Waals surface area contributed by atoms with Crippen LogP contribution in [0.2, 0.25) is 0 Å². The summed E-state index contributed by atoms with van der Waals surface area (Å²) in [5.74, 6) is 1.11. The van der Waals surface area contributed by atoms with Crippen LogP contribution in [-0.4, -0.2) is 52.5 Å². The molecule has 0 spiro atoms. The van der Waals surface area contributed by atoms with Crippen molar-refractivity contribution in [3.05, 3.63) is 22.2 Å². The molecule has 2 rings (SSSR count). The van der Waals surface area contributed by atoms with Crippen molar-refractivity contribution in [3.8, 4) is 11.5 Å². The number of halogens is 1. The number of rotatable bonds is 7. The Morgan fingerprint density at radius 2 is 2.10 bits per heavy atom. The second-order valence-corrected chi connectivity index (χ2v) is 5.34. The molecule has 0 unspecified atom stereocenters. The Morgan fingerprint density at radius 1 is 1.29 bits per heavy atom. The lowest BCUT2D eigenvalue weighted by molar-refractivity contribution is 0.0952. The zero-order chi connectivity index (χ0) is 15.1. The predicted octanol–water partition coefficient (Wildman–Crippen LogP) is 1.19. The fourth-order valence-electron chi connectivity index (χ4n) is 1.91. The Hall–Kier alpha value is -1.31. The van der Waals surface area contributed by atoms with Gasteiger partial charge in [-0.2, -0.15) is 0 Å². The van der Waals surface area contributed by atoms with Gasteiger partial charge in [-0.05, 0) is 28.1 Å². The lowest BCUT2D eigenvalue weighted by Crippen LogP contribution is -2.33. The minimum absolute atomic E-state index is 0.138. The summed E-state index contributed by atoms with van der Waals surface area (Å²) in [6.45, 7) is 3.68. The Morgan fingerprint density at radius 3 is 2.90 bits per heavy atom. The van der Waals surface area contributed by atoms with Crippen molar-refractivity contribution in [2.75, 3.05) is 46.6 Å². The van der Waals surface area contributed by atoms with Crippen molar-refractivity contribution in [1.29, 1.82) is 0 Å². The molecule has 1 amide bonds. The number of amides is 1. The molecule has 0 atom stereocenters. The highest BCUT2D eigenvalue weighted by atomic mass is 79.9. The van der Waals surface area contributed by atoms with Crippen molar-refractivity contribution in [1.82, 2.24) is 10.6 Å². The van der Waals surface area contributed by atoms with Crippen LogP contribution in [-0.2, 0) is 4.74 Å². The SMILES string of the molecule is COCCNCCNC(=O)c1cc(Br)c2c(c1)OCCO2. The Balaban J connectivity index is 1.86. The fraction of sp³-hybridized carbons (Fsp3) is 0.500. The number of methoxy groups -OCH3 is 1. The molecule has 6 nitrogen and oxygen atoms in total. The monoisotopic (exact) mass is 358 g/mol. The van der Waals surface area contributed by atoms with E-state index in [1.807, 2.05) is 0 Å². The van der Waals surface area contributed by atoms with Crippen LogP contribution in [0, 0.1) is 0 Å². The van der Waals surface area contributed by atoms with Crippen LogP contribution in [0.15, 0.2) is 16.6 Å². The number of carbonyl (C=O) groups is 1. The third kappa shape index (κ3) is 4.59. The zero-order valence-electron chi connectivity index (χ0n) is 11.9. The summed E-state index contributed by atoms with van der Waals surface area (Å²) in [5, 5.41) is 6.01. The highest BCUT2D eigenvalue weighted by Gasteiger charge is 2.18. The van der Waals surface area contributed by atoms with Crippen molar-refractivity contribution in [2.24, 2.45) is 0 Å². The topological polar surface area (TPSA) is 68.8 Å². The molecule has 1 aliphatic rings. The van der Waals surface area contributed by atoms with Crippen molar-refractivity contribution < 1.29 is 19.0 Å². The molecule has 0 saturated heterocycles. The number of fused-ring (bicyclic) bond motifs is 1. The maximum atomic E-state index is 12.1. The van der Waals surface area contributed by atoms with E-state index < -0.39 is 0 Å². The summed E-state index contributed by atoms with van der Waals surface area (Å²) < 4.78 is 16.7. The van der Waals surface area contributed by atoms with Crippen LogP contribution in [0.25, 0.3) is 0 Å². The summed E-state index contributed by atoms with van der Waals surface area (Å²) in [5.41, 5.74) is 0.544. The van der Waals surface area contributed by atoms with Gasteiger partial charge in [0.15, 0.2) is 11.5 Å². The van der Waals surface area contributed by atoms with E-state index in [9.17, 15) is 4.79 Å². The first-order valence-electron chi connectivity index (χ1n) is 6.79. The minimum Gasteiger partial charge on any atom is -0.486 e. The number of benzene rings is 1. The lowest BCUT2D eigenvalue weighted by atomic mass is 10.2. The van der Waals surface area contributed by atoms with Crippen LogP contribution in [0.1, 0.15) is 10.4 Å². The maximum absolute atomic E-state index is 12.1. The quantitative estimate of drug-likeness (QED) is 0.716. The van der Waals surface area contributed by atoms with Crippen LogP contribution in [0.4, 0.5) is 0 Å². The van der Waals surface area contributed by atoms with Crippen LogP contribution >= 0.6 is 15.9 Å². The van der Waals surface area contributed by atoms with Gasteiger partial charge in [0.2, 0.25) is 0 Å². The molecular weight excluding hydrogens is 340 g/mol. The third-order valence-electron chi connectivity index (χ3n) is 2.93. The van der Waals surface area contributed by atoms with Gasteiger partial charge in [0, 0.05) is 32.3 Å². The van der Waals surface area contributed by atoms with Gasteiger partial charge in [-0.1, -0.05) is 0 Å². The first kappa shape index (κ1) is 16.1. The molecule has 1 aromatic carbocycles. The van der Waals surface area contributed by atoms with E-state index in [1.54, 1.807) is 19.2 Å². The number of hydrogen-bond acceptors (Lipinski definition) is 5. The predicted molar refractivity (Wildman–Crippen MR) is 82.2 cm³/mol. The molecule has 7 heteroatoms. The van der Waals surface area contributed by atoms with E-state index in [0.717, 1.165) is 11.0 Å². The smallest absolute Gasteiger partial charge is 0.251 e. The normalized spacial score (nSPS) is 13.0. The molecule has 0 bridgehead atoms. The summed E-state index contributed by atoms with van der Waals surface area (Å²) in [6.07, 6.45) is 0. The van der Waals surface area contributed by atoms with E-state index in [1.165, 1.54) is 0 Å². The van der Waals surface area contributed by atoms with E-state index in [2.05, 4.69) is 26.6 Å². The molecule has 0 fully saturated rings. The molecule has 0 saturated carbocycles. The molecule has 0 aromatic heterocycles. The summed E-state index contributed by atoms with van der Waals surface area (Å²) in [6, 6.07) is 3.44. The summed E-state index contributed by atoms with van der Waals surface area (Å²) >= 11 is 3.40. The van der Waals surface area contributed by atoms with Crippen LogP contribution in [0.3, 0.4) is 0 Å². The molecule has 116 valence electrons. The maximum Gasteiger partial charge on any atom is 0.251 e. The standard InChI is InChI=1S/C14H19BrN2O4/c1-19-5-4-16-2-3-17-14(18)10-8-11(15)13-12(9-10)20-6-7-21-13/h8-9,16H,2-7H2,1H3,(H,17,18). The van der Waals surface area contributed by atoms with Crippen molar-refractivity contribution in [2.45, 2.75) is 0 Å². The van der Waals surface area contributed by atoms with Crippen molar-refractivity contribution in [3.63, 3.8) is 0 Å². The van der Waals surface area contributed by atoms with Gasteiger partial charge in [-0.25, -0.2) is 0 Å². The first-order valence-corrected chi connectivity index (χ1v) is 7.58. The molecule has 1 aromatic rings. The number of nitrogens with one attached hydrogen (secondary N) is 2. The lowest BCUT2D eigenvalue weighted by Gasteiger charge is -2.20. The van der Waals surface area contributed by atoms with Gasteiger partial charge in [0.05, 0.1) is 11.1 Å². The molecule has 0 aliphatic carbocycles. The van der Waals surface area contributed by atoms with Crippen LogP contribution < -0.4 is 20.1 Å². The molecule has 1 aliphatic heterocycles. The zero-order valence-corrected chi connectivity index (χ0v) is 13.5. The van der Waals surface area contributed by atoms with Gasteiger partial charge in [-0.3, -0.25) is 4.79 Å². The average Bonchev–Trinajstić information content (AvgIpc) is 2.50. The Labute approximate surface area is 132 Å². The van der Waals surface area contributed by atoms with Gasteiger partial charge in [0.1, 0.15) is 13.2 Å². The number of hydrogen-bond donors (Lipinski definition) is 2. The van der Waals surface area contributed by atoms with E-state index in [-0.39, 0.29) is 5.91 Å². The second-order valence-electron chi connectivity index (χ2n) is 4.48. The van der Waals surface area contributed by atoms with Gasteiger partial charge >= 0.3 is 0 Å². The highest BCUT2D eigenvalue weighted by molar-refractivity contribution is 9.10. The van der Waals surface area contributed by atoms with Gasteiger partial charge < -0.3 is 24.8 Å². The van der Waals surface area contributed by atoms with Crippen molar-refractivity contribution >= 4 is 21.8 Å². The first-order chi connectivity index (χ1) is 10.2. The summed E-state index contributed by atoms with van der Waals surface area (Å²) in [7, 11) is 1.66. The molecular formula is C14H19BrN2O4. The Bertz CT molecular complexity index is 496. The second kappa shape index (κ2) is 8.21. The summed E-state index contributed by atoms with van der Waals surface area (Å²) in [4.78, 5) is 12.1. The minimum atomic E-state index is -0.138. The number of ether oxygens (including phenoxy) is 3. The largest absolute Gasteiger partial charge is 0.486 e. The van der Waals surface area contributed by atoms with Gasteiger partial charge in [-0.15, -0.1) is 0 Å².